The van der Waals surface area contributed by atoms with Crippen LogP contribution in [0.15, 0.2) is 54.6 Å². The summed E-state index contributed by atoms with van der Waals surface area (Å²) in [5.41, 5.74) is 6.84. The van der Waals surface area contributed by atoms with Crippen LogP contribution in [0.1, 0.15) is 44.6 Å². The summed E-state index contributed by atoms with van der Waals surface area (Å²) in [6.45, 7) is 4.06. The van der Waals surface area contributed by atoms with E-state index in [1.807, 2.05) is 42.5 Å². The SMILES string of the molecule is CCCCC1CC(C(N)=O)CCN1Cc1ccc(Oc2ccccc2)cc1.Cl. The van der Waals surface area contributed by atoms with Crippen molar-refractivity contribution in [3.8, 4) is 11.5 Å². The number of amides is 1. The number of likely N-dealkylation sites (tertiary alicyclic amines) is 1. The second-order valence-corrected chi connectivity index (χ2v) is 7.45. The molecule has 1 amide bonds. The highest BCUT2D eigenvalue weighted by molar-refractivity contribution is 5.85. The van der Waals surface area contributed by atoms with Crippen molar-refractivity contribution in [1.29, 1.82) is 0 Å². The van der Waals surface area contributed by atoms with Crippen molar-refractivity contribution in [3.05, 3.63) is 60.2 Å². The van der Waals surface area contributed by atoms with Gasteiger partial charge in [0.1, 0.15) is 11.5 Å². The zero-order valence-corrected chi connectivity index (χ0v) is 17.4. The molecule has 2 atom stereocenters. The molecule has 152 valence electrons. The fraction of sp³-hybridized carbons (Fsp3) is 0.435. The van der Waals surface area contributed by atoms with Gasteiger partial charge >= 0.3 is 0 Å². The van der Waals surface area contributed by atoms with E-state index < -0.39 is 0 Å². The number of carbonyl (C=O) groups is 1. The maximum Gasteiger partial charge on any atom is 0.220 e. The van der Waals surface area contributed by atoms with E-state index in [4.69, 9.17) is 10.5 Å². The molecule has 4 nitrogen and oxygen atoms in total. The van der Waals surface area contributed by atoms with Gasteiger partial charge in [-0.2, -0.15) is 0 Å². The third-order valence-electron chi connectivity index (χ3n) is 5.42. The third kappa shape index (κ3) is 6.25. The highest BCUT2D eigenvalue weighted by atomic mass is 35.5. The number of nitrogens with two attached hydrogens (primary N) is 1. The molecule has 3 rings (SSSR count). The number of rotatable bonds is 8. The molecule has 0 aromatic heterocycles. The Bertz CT molecular complexity index is 721. The summed E-state index contributed by atoms with van der Waals surface area (Å²) in [6.07, 6.45) is 5.26. The van der Waals surface area contributed by atoms with E-state index in [1.165, 1.54) is 18.4 Å². The molecule has 0 saturated carbocycles. The maximum atomic E-state index is 11.6. The molecule has 1 aliphatic heterocycles. The summed E-state index contributed by atoms with van der Waals surface area (Å²) < 4.78 is 5.87. The Morgan fingerprint density at radius 1 is 1.11 bits per heavy atom. The van der Waals surface area contributed by atoms with Crippen LogP contribution in [0.3, 0.4) is 0 Å². The number of primary amides is 1. The highest BCUT2D eigenvalue weighted by Gasteiger charge is 2.30. The largest absolute Gasteiger partial charge is 0.457 e. The topological polar surface area (TPSA) is 55.6 Å². The molecule has 28 heavy (non-hydrogen) atoms. The minimum absolute atomic E-state index is 0. The van der Waals surface area contributed by atoms with Gasteiger partial charge in [-0.25, -0.2) is 0 Å². The lowest BCUT2D eigenvalue weighted by Crippen LogP contribution is -2.45. The fourth-order valence-corrected chi connectivity index (χ4v) is 3.83. The first-order chi connectivity index (χ1) is 13.2. The standard InChI is InChI=1S/C23H30N2O2.ClH/c1-2-3-7-20-16-19(23(24)26)14-15-25(20)17-18-10-12-22(13-11-18)27-21-8-5-4-6-9-21;/h4-6,8-13,19-20H,2-3,7,14-17H2,1H3,(H2,24,26);1H. The number of carbonyl (C=O) groups excluding carboxylic acids is 1. The zero-order chi connectivity index (χ0) is 19.1. The van der Waals surface area contributed by atoms with Crippen LogP contribution in [-0.2, 0) is 11.3 Å². The number of unbranched alkanes of at least 4 members (excludes halogenated alkanes) is 1. The minimum Gasteiger partial charge on any atom is -0.457 e. The molecule has 2 aromatic carbocycles. The Hall–Kier alpha value is -2.04. The number of hydrogen-bond donors (Lipinski definition) is 1. The fourth-order valence-electron chi connectivity index (χ4n) is 3.83. The van der Waals surface area contributed by atoms with Gasteiger partial charge in [0.15, 0.2) is 0 Å². The van der Waals surface area contributed by atoms with Gasteiger partial charge in [0.25, 0.3) is 0 Å². The van der Waals surface area contributed by atoms with Crippen LogP contribution < -0.4 is 10.5 Å². The van der Waals surface area contributed by atoms with Crippen molar-refractivity contribution in [2.24, 2.45) is 11.7 Å². The first-order valence-corrected chi connectivity index (χ1v) is 10.0. The Morgan fingerprint density at radius 3 is 2.43 bits per heavy atom. The van der Waals surface area contributed by atoms with Crippen LogP contribution in [0.5, 0.6) is 11.5 Å². The number of nitrogens with zero attached hydrogens (tertiary/aromatic N) is 1. The van der Waals surface area contributed by atoms with Crippen molar-refractivity contribution >= 4 is 18.3 Å². The average molecular weight is 403 g/mol. The lowest BCUT2D eigenvalue weighted by Gasteiger charge is -2.39. The number of hydrogen-bond acceptors (Lipinski definition) is 3. The molecule has 5 heteroatoms. The summed E-state index contributed by atoms with van der Waals surface area (Å²) in [4.78, 5) is 14.1. The number of piperidine rings is 1. The van der Waals surface area contributed by atoms with Gasteiger partial charge in [-0.05, 0) is 55.6 Å². The van der Waals surface area contributed by atoms with E-state index in [0.717, 1.165) is 43.9 Å². The summed E-state index contributed by atoms with van der Waals surface area (Å²) in [7, 11) is 0. The van der Waals surface area contributed by atoms with Gasteiger partial charge < -0.3 is 10.5 Å². The van der Waals surface area contributed by atoms with Gasteiger partial charge in [-0.1, -0.05) is 50.1 Å². The van der Waals surface area contributed by atoms with Crippen molar-refractivity contribution < 1.29 is 9.53 Å². The van der Waals surface area contributed by atoms with Crippen LogP contribution in [0.4, 0.5) is 0 Å². The smallest absolute Gasteiger partial charge is 0.220 e. The number of ether oxygens (including phenoxy) is 1. The molecule has 0 radical (unpaired) electrons. The van der Waals surface area contributed by atoms with Gasteiger partial charge in [-0.15, -0.1) is 12.4 Å². The second kappa shape index (κ2) is 11.1. The first kappa shape index (κ1) is 22.3. The monoisotopic (exact) mass is 402 g/mol. The lowest BCUT2D eigenvalue weighted by atomic mass is 9.87. The average Bonchev–Trinajstić information content (AvgIpc) is 2.69. The molecule has 1 aliphatic rings. The first-order valence-electron chi connectivity index (χ1n) is 10.0. The van der Waals surface area contributed by atoms with E-state index in [-0.39, 0.29) is 24.2 Å². The number of para-hydroxylation sites is 1. The van der Waals surface area contributed by atoms with Crippen molar-refractivity contribution in [2.45, 2.75) is 51.6 Å². The summed E-state index contributed by atoms with van der Waals surface area (Å²) >= 11 is 0. The van der Waals surface area contributed by atoms with E-state index in [1.54, 1.807) is 0 Å². The van der Waals surface area contributed by atoms with E-state index in [0.29, 0.717) is 6.04 Å². The van der Waals surface area contributed by atoms with E-state index in [2.05, 4.69) is 24.0 Å². The van der Waals surface area contributed by atoms with Crippen molar-refractivity contribution in [2.75, 3.05) is 6.54 Å². The molecule has 1 heterocycles. The maximum absolute atomic E-state index is 11.6. The van der Waals surface area contributed by atoms with Gasteiger partial charge in [0.2, 0.25) is 5.91 Å². The van der Waals surface area contributed by atoms with Crippen molar-refractivity contribution in [3.63, 3.8) is 0 Å². The zero-order valence-electron chi connectivity index (χ0n) is 16.5. The van der Waals surface area contributed by atoms with Gasteiger partial charge in [0.05, 0.1) is 0 Å². The molecule has 1 fully saturated rings. The quantitative estimate of drug-likeness (QED) is 0.663. The molecular weight excluding hydrogens is 372 g/mol. The third-order valence-corrected chi connectivity index (χ3v) is 5.42. The Kier molecular flexibility index (Phi) is 8.81. The Balaban J connectivity index is 0.00000280. The molecule has 2 unspecified atom stereocenters. The van der Waals surface area contributed by atoms with Gasteiger partial charge in [-0.3, -0.25) is 9.69 Å². The molecule has 0 spiro atoms. The Morgan fingerprint density at radius 2 is 1.79 bits per heavy atom. The molecule has 0 aliphatic carbocycles. The van der Waals surface area contributed by atoms with E-state index >= 15 is 0 Å². The molecule has 2 aromatic rings. The summed E-state index contributed by atoms with van der Waals surface area (Å²) in [5.74, 6) is 1.58. The predicted octanol–water partition coefficient (Wildman–Crippen LogP) is 5.16. The molecule has 0 bridgehead atoms. The van der Waals surface area contributed by atoms with Crippen LogP contribution in [0, 0.1) is 5.92 Å². The van der Waals surface area contributed by atoms with Crippen LogP contribution in [-0.4, -0.2) is 23.4 Å². The number of benzene rings is 2. The van der Waals surface area contributed by atoms with Crippen LogP contribution in [0.2, 0.25) is 0 Å². The van der Waals surface area contributed by atoms with Crippen molar-refractivity contribution in [1.82, 2.24) is 4.90 Å². The summed E-state index contributed by atoms with van der Waals surface area (Å²) in [6, 6.07) is 18.6. The van der Waals surface area contributed by atoms with Crippen LogP contribution >= 0.6 is 12.4 Å². The second-order valence-electron chi connectivity index (χ2n) is 7.45. The molecule has 1 saturated heterocycles. The lowest BCUT2D eigenvalue weighted by molar-refractivity contribution is -0.124. The predicted molar refractivity (Wildman–Crippen MR) is 116 cm³/mol. The molecule has 2 N–H and O–H groups in total. The van der Waals surface area contributed by atoms with Gasteiger partial charge in [0, 0.05) is 18.5 Å². The Labute approximate surface area is 174 Å². The van der Waals surface area contributed by atoms with E-state index in [9.17, 15) is 4.79 Å². The van der Waals surface area contributed by atoms with Crippen LogP contribution in [0.25, 0.3) is 0 Å². The minimum atomic E-state index is -0.140. The normalized spacial score (nSPS) is 19.6. The number of halogens is 1. The molecular formula is C23H31ClN2O2. The highest BCUT2D eigenvalue weighted by Crippen LogP contribution is 2.28. The summed E-state index contributed by atoms with van der Waals surface area (Å²) in [5, 5.41) is 0.